The maximum Gasteiger partial charge on any atom is 0.338 e. The van der Waals surface area contributed by atoms with Crippen LogP contribution in [0.3, 0.4) is 0 Å². The van der Waals surface area contributed by atoms with E-state index in [1.807, 2.05) is 12.1 Å². The van der Waals surface area contributed by atoms with Crippen molar-refractivity contribution >= 4 is 21.9 Å². The van der Waals surface area contributed by atoms with Crippen molar-refractivity contribution in [2.24, 2.45) is 0 Å². The van der Waals surface area contributed by atoms with E-state index in [-0.39, 0.29) is 42.9 Å². The largest absolute Gasteiger partial charge is 0.452 e. The number of sulfonamides is 1. The van der Waals surface area contributed by atoms with Crippen LogP contribution in [0.15, 0.2) is 29.2 Å². The zero-order chi connectivity index (χ0) is 21.0. The van der Waals surface area contributed by atoms with E-state index in [1.165, 1.54) is 23.1 Å². The van der Waals surface area contributed by atoms with Crippen molar-refractivity contribution in [1.29, 1.82) is 10.5 Å². The molecule has 0 atom stereocenters. The van der Waals surface area contributed by atoms with Gasteiger partial charge in [0.2, 0.25) is 10.0 Å². The van der Waals surface area contributed by atoms with E-state index in [0.29, 0.717) is 0 Å². The Hall–Kier alpha value is -3.39. The van der Waals surface area contributed by atoms with E-state index in [4.69, 9.17) is 21.7 Å². The van der Waals surface area contributed by atoms with Gasteiger partial charge in [0.05, 0.1) is 42.0 Å². The predicted molar refractivity (Wildman–Crippen MR) is 97.8 cm³/mol. The van der Waals surface area contributed by atoms with Gasteiger partial charge in [0.15, 0.2) is 6.61 Å². The molecule has 10 heteroatoms. The summed E-state index contributed by atoms with van der Waals surface area (Å²) in [5.41, 5.74) is -0.0583. The van der Waals surface area contributed by atoms with Crippen LogP contribution in [0, 0.1) is 35.0 Å². The molecule has 0 aromatic heterocycles. The summed E-state index contributed by atoms with van der Waals surface area (Å²) in [4.78, 5) is 25.4. The molecule has 9 nitrogen and oxygen atoms in total. The van der Waals surface area contributed by atoms with Crippen LogP contribution < -0.4 is 4.72 Å². The second-order valence-corrected chi connectivity index (χ2v) is 7.10. The van der Waals surface area contributed by atoms with E-state index >= 15 is 0 Å². The third kappa shape index (κ3) is 7.08. The number of terminal acetylenes is 1. The number of ether oxygens (including phenoxy) is 1. The van der Waals surface area contributed by atoms with Gasteiger partial charge in [-0.05, 0) is 18.2 Å². The second kappa shape index (κ2) is 11.3. The molecule has 0 saturated heterocycles. The molecule has 28 heavy (non-hydrogen) atoms. The molecule has 0 unspecified atom stereocenters. The van der Waals surface area contributed by atoms with Crippen LogP contribution in [0.5, 0.6) is 0 Å². The van der Waals surface area contributed by atoms with Gasteiger partial charge >= 0.3 is 5.97 Å². The van der Waals surface area contributed by atoms with Gasteiger partial charge in [-0.2, -0.15) is 15.2 Å². The average Bonchev–Trinajstić information content (AvgIpc) is 2.70. The lowest BCUT2D eigenvalue weighted by molar-refractivity contribution is -0.134. The molecule has 0 spiro atoms. The lowest BCUT2D eigenvalue weighted by Gasteiger charge is -2.20. The van der Waals surface area contributed by atoms with Gasteiger partial charge in [0.25, 0.3) is 5.91 Å². The number of esters is 1. The number of amides is 1. The molecule has 0 saturated carbocycles. The van der Waals surface area contributed by atoms with Crippen LogP contribution in [0.25, 0.3) is 0 Å². The SMILES string of the molecule is C#CCNS(=O)(=O)c1cccc(C(=O)OCC(=O)N(CCC#N)CCC#N)c1. The summed E-state index contributed by atoms with van der Waals surface area (Å²) in [5, 5.41) is 17.3. The van der Waals surface area contributed by atoms with Crippen LogP contribution >= 0.6 is 0 Å². The van der Waals surface area contributed by atoms with Gasteiger partial charge in [0, 0.05) is 13.1 Å². The van der Waals surface area contributed by atoms with Gasteiger partial charge in [-0.15, -0.1) is 6.42 Å². The molecule has 0 aliphatic heterocycles. The Morgan fingerprint density at radius 3 is 2.39 bits per heavy atom. The summed E-state index contributed by atoms with van der Waals surface area (Å²) in [7, 11) is -3.88. The van der Waals surface area contributed by atoms with Crippen molar-refractivity contribution in [3.05, 3.63) is 29.8 Å². The van der Waals surface area contributed by atoms with E-state index < -0.39 is 28.5 Å². The fourth-order valence-corrected chi connectivity index (χ4v) is 3.02. The average molecular weight is 402 g/mol. The Morgan fingerprint density at radius 1 is 1.18 bits per heavy atom. The Morgan fingerprint density at radius 2 is 1.82 bits per heavy atom. The van der Waals surface area contributed by atoms with Gasteiger partial charge in [-0.1, -0.05) is 12.0 Å². The molecule has 0 aliphatic carbocycles. The highest BCUT2D eigenvalue weighted by Crippen LogP contribution is 2.12. The van der Waals surface area contributed by atoms with Crippen molar-refractivity contribution in [3.8, 4) is 24.5 Å². The lowest BCUT2D eigenvalue weighted by Crippen LogP contribution is -2.36. The molecule has 1 N–H and O–H groups in total. The number of carbonyl (C=O) groups is 2. The minimum Gasteiger partial charge on any atom is -0.452 e. The number of hydrogen-bond acceptors (Lipinski definition) is 7. The Bertz CT molecular complexity index is 920. The molecule has 0 aliphatic rings. The molecule has 0 radical (unpaired) electrons. The lowest BCUT2D eigenvalue weighted by atomic mass is 10.2. The monoisotopic (exact) mass is 402 g/mol. The van der Waals surface area contributed by atoms with Gasteiger partial charge < -0.3 is 9.64 Å². The fourth-order valence-electron chi connectivity index (χ4n) is 2.04. The van der Waals surface area contributed by atoms with Crippen LogP contribution in [-0.2, 0) is 19.6 Å². The Labute approximate surface area is 163 Å². The van der Waals surface area contributed by atoms with Gasteiger partial charge in [-0.3, -0.25) is 4.79 Å². The summed E-state index contributed by atoms with van der Waals surface area (Å²) >= 11 is 0. The van der Waals surface area contributed by atoms with Crippen molar-refractivity contribution in [1.82, 2.24) is 9.62 Å². The molecular formula is C18H18N4O5S. The number of hydrogen-bond donors (Lipinski definition) is 1. The first kappa shape index (κ1) is 22.7. The third-order valence-electron chi connectivity index (χ3n) is 3.41. The highest BCUT2D eigenvalue weighted by Gasteiger charge is 2.19. The first-order valence-electron chi connectivity index (χ1n) is 8.07. The summed E-state index contributed by atoms with van der Waals surface area (Å²) in [6.45, 7) is -0.568. The Balaban J connectivity index is 2.79. The van der Waals surface area contributed by atoms with Crippen molar-refractivity contribution in [3.63, 3.8) is 0 Å². The van der Waals surface area contributed by atoms with Crippen molar-refractivity contribution in [2.45, 2.75) is 17.7 Å². The first-order chi connectivity index (χ1) is 13.4. The number of benzene rings is 1. The molecular weight excluding hydrogens is 384 g/mol. The molecule has 1 aromatic rings. The maximum atomic E-state index is 12.1. The minimum atomic E-state index is -3.88. The van der Waals surface area contributed by atoms with Crippen LogP contribution in [0.4, 0.5) is 0 Å². The van der Waals surface area contributed by atoms with Crippen LogP contribution in [0.2, 0.25) is 0 Å². The topological polar surface area (TPSA) is 140 Å². The summed E-state index contributed by atoms with van der Waals surface area (Å²) in [6.07, 6.45) is 5.18. The molecule has 0 heterocycles. The standard InChI is InChI=1S/C18H18N4O5S/c1-2-10-21-28(25,26)16-7-3-6-15(13-16)18(24)27-14-17(23)22(11-4-8-19)12-5-9-20/h1,3,6-7,13,21H,4-5,10-12,14H2. The number of nitriles is 2. The number of rotatable bonds is 10. The first-order valence-corrected chi connectivity index (χ1v) is 9.56. The minimum absolute atomic E-state index is 0.0583. The van der Waals surface area contributed by atoms with Crippen molar-refractivity contribution in [2.75, 3.05) is 26.2 Å². The maximum absolute atomic E-state index is 12.1. The van der Waals surface area contributed by atoms with E-state index in [1.54, 1.807) is 0 Å². The number of nitrogens with one attached hydrogen (secondary N) is 1. The smallest absolute Gasteiger partial charge is 0.338 e. The van der Waals surface area contributed by atoms with Gasteiger partial charge in [0.1, 0.15) is 0 Å². The quantitative estimate of drug-likeness (QED) is 0.441. The Kier molecular flexibility index (Phi) is 9.18. The normalized spacial score (nSPS) is 10.2. The van der Waals surface area contributed by atoms with Crippen molar-refractivity contribution < 1.29 is 22.7 Å². The summed E-state index contributed by atoms with van der Waals surface area (Å²) < 4.78 is 31.2. The van der Waals surface area contributed by atoms with Crippen LogP contribution in [-0.4, -0.2) is 51.4 Å². The molecule has 1 rings (SSSR count). The van der Waals surface area contributed by atoms with E-state index in [9.17, 15) is 18.0 Å². The zero-order valence-electron chi connectivity index (χ0n) is 14.9. The molecule has 0 fully saturated rings. The summed E-state index contributed by atoms with van der Waals surface area (Å²) in [5.74, 6) is 0.696. The number of carbonyl (C=O) groups excluding carboxylic acids is 2. The van der Waals surface area contributed by atoms with Crippen LogP contribution in [0.1, 0.15) is 23.2 Å². The third-order valence-corrected chi connectivity index (χ3v) is 4.81. The highest BCUT2D eigenvalue weighted by molar-refractivity contribution is 7.89. The summed E-state index contributed by atoms with van der Waals surface area (Å²) in [6, 6.07) is 8.88. The van der Waals surface area contributed by atoms with Gasteiger partial charge in [-0.25, -0.2) is 13.2 Å². The fraction of sp³-hybridized carbons (Fsp3) is 0.333. The molecule has 1 amide bonds. The molecule has 1 aromatic carbocycles. The second-order valence-electron chi connectivity index (χ2n) is 5.33. The van der Waals surface area contributed by atoms with E-state index in [2.05, 4.69) is 10.6 Å². The number of nitrogens with zero attached hydrogens (tertiary/aromatic N) is 3. The zero-order valence-corrected chi connectivity index (χ0v) is 15.7. The molecule has 146 valence electrons. The highest BCUT2D eigenvalue weighted by atomic mass is 32.2. The predicted octanol–water partition coefficient (Wildman–Crippen LogP) is 0.411. The molecule has 0 bridgehead atoms. The van der Waals surface area contributed by atoms with E-state index in [0.717, 1.165) is 6.07 Å².